The third-order valence-electron chi connectivity index (χ3n) is 4.82. The highest BCUT2D eigenvalue weighted by Crippen LogP contribution is 2.46. The van der Waals surface area contributed by atoms with Crippen LogP contribution in [-0.2, 0) is 15.1 Å². The summed E-state index contributed by atoms with van der Waals surface area (Å²) in [5.74, 6) is 0.0677. The first-order chi connectivity index (χ1) is 11.0. The van der Waals surface area contributed by atoms with E-state index in [0.29, 0.717) is 24.1 Å². The number of ether oxygens (including phenoxy) is 1. The number of nitrogens with one attached hydrogen (secondary N) is 1. The van der Waals surface area contributed by atoms with Gasteiger partial charge in [-0.15, -0.1) is 0 Å². The SMILES string of the molecule is CC(C)N1CCO[C@H](CC(=O)NC2(c3cccc(Cl)c3)CC2)C1. The molecule has 1 saturated heterocycles. The van der Waals surface area contributed by atoms with E-state index in [9.17, 15) is 4.79 Å². The van der Waals surface area contributed by atoms with E-state index < -0.39 is 0 Å². The third kappa shape index (κ3) is 4.06. The molecule has 1 aliphatic heterocycles. The van der Waals surface area contributed by atoms with Crippen LogP contribution in [0.5, 0.6) is 0 Å². The molecule has 2 aliphatic rings. The molecule has 4 nitrogen and oxygen atoms in total. The summed E-state index contributed by atoms with van der Waals surface area (Å²) < 4.78 is 5.77. The Labute approximate surface area is 143 Å². The van der Waals surface area contributed by atoms with Gasteiger partial charge in [-0.05, 0) is 44.4 Å². The lowest BCUT2D eigenvalue weighted by molar-refractivity contribution is -0.127. The fourth-order valence-electron chi connectivity index (χ4n) is 3.26. The summed E-state index contributed by atoms with van der Waals surface area (Å²) in [5.41, 5.74) is 0.890. The Kier molecular flexibility index (Phi) is 4.95. The number of carbonyl (C=O) groups is 1. The van der Waals surface area contributed by atoms with E-state index in [1.165, 1.54) is 0 Å². The van der Waals surface area contributed by atoms with Crippen LogP contribution in [0.25, 0.3) is 0 Å². The summed E-state index contributed by atoms with van der Waals surface area (Å²) in [6, 6.07) is 8.28. The van der Waals surface area contributed by atoms with E-state index in [-0.39, 0.29) is 17.6 Å². The molecule has 1 saturated carbocycles. The van der Waals surface area contributed by atoms with E-state index in [2.05, 4.69) is 24.1 Å². The monoisotopic (exact) mass is 336 g/mol. The standard InChI is InChI=1S/C18H25ClN2O2/c1-13(2)21-8-9-23-16(12-21)11-17(22)20-18(6-7-18)14-4-3-5-15(19)10-14/h3-5,10,13,16H,6-9,11-12H2,1-2H3,(H,20,22)/t16-/m1/s1. The van der Waals surface area contributed by atoms with E-state index in [0.717, 1.165) is 31.5 Å². The van der Waals surface area contributed by atoms with Crippen LogP contribution in [0.1, 0.15) is 38.7 Å². The molecular weight excluding hydrogens is 312 g/mol. The van der Waals surface area contributed by atoms with Gasteiger partial charge in [-0.2, -0.15) is 0 Å². The molecular formula is C18H25ClN2O2. The van der Waals surface area contributed by atoms with Crippen LogP contribution in [0.15, 0.2) is 24.3 Å². The zero-order chi connectivity index (χ0) is 16.4. The second kappa shape index (κ2) is 6.80. The van der Waals surface area contributed by atoms with Crippen LogP contribution in [0.3, 0.4) is 0 Å². The smallest absolute Gasteiger partial charge is 0.223 e. The van der Waals surface area contributed by atoms with Gasteiger partial charge in [0.1, 0.15) is 0 Å². The molecule has 1 aromatic carbocycles. The number of rotatable bonds is 5. The molecule has 0 bridgehead atoms. The Bertz CT molecular complexity index is 572. The minimum absolute atomic E-state index is 0.0127. The van der Waals surface area contributed by atoms with Gasteiger partial charge in [0.15, 0.2) is 0 Å². The number of morpholine rings is 1. The van der Waals surface area contributed by atoms with Gasteiger partial charge < -0.3 is 10.1 Å². The van der Waals surface area contributed by atoms with Crippen molar-refractivity contribution in [3.63, 3.8) is 0 Å². The highest BCUT2D eigenvalue weighted by atomic mass is 35.5. The largest absolute Gasteiger partial charge is 0.375 e. The minimum Gasteiger partial charge on any atom is -0.375 e. The second-order valence-corrected chi connectivity index (χ2v) is 7.36. The van der Waals surface area contributed by atoms with Gasteiger partial charge >= 0.3 is 0 Å². The van der Waals surface area contributed by atoms with Gasteiger partial charge in [0.25, 0.3) is 0 Å². The number of halogens is 1. The molecule has 126 valence electrons. The molecule has 1 N–H and O–H groups in total. The van der Waals surface area contributed by atoms with Gasteiger partial charge in [0.05, 0.1) is 24.7 Å². The summed E-state index contributed by atoms with van der Waals surface area (Å²) in [5, 5.41) is 3.92. The van der Waals surface area contributed by atoms with Crippen molar-refractivity contribution in [3.05, 3.63) is 34.9 Å². The van der Waals surface area contributed by atoms with Crippen molar-refractivity contribution in [2.24, 2.45) is 0 Å². The topological polar surface area (TPSA) is 41.6 Å². The van der Waals surface area contributed by atoms with E-state index >= 15 is 0 Å². The molecule has 0 unspecified atom stereocenters. The van der Waals surface area contributed by atoms with Crippen molar-refractivity contribution in [2.75, 3.05) is 19.7 Å². The highest BCUT2D eigenvalue weighted by molar-refractivity contribution is 6.30. The highest BCUT2D eigenvalue weighted by Gasteiger charge is 2.45. The maximum atomic E-state index is 12.5. The van der Waals surface area contributed by atoms with Crippen LogP contribution in [0, 0.1) is 0 Å². The maximum Gasteiger partial charge on any atom is 0.223 e. The lowest BCUT2D eigenvalue weighted by Gasteiger charge is -2.35. The molecule has 5 heteroatoms. The summed E-state index contributed by atoms with van der Waals surface area (Å²) in [4.78, 5) is 14.8. The molecule has 23 heavy (non-hydrogen) atoms. The molecule has 1 heterocycles. The normalized spacial score (nSPS) is 23.7. The van der Waals surface area contributed by atoms with Crippen LogP contribution in [0.4, 0.5) is 0 Å². The first-order valence-corrected chi connectivity index (χ1v) is 8.79. The van der Waals surface area contributed by atoms with Crippen molar-refractivity contribution in [3.8, 4) is 0 Å². The maximum absolute atomic E-state index is 12.5. The Morgan fingerprint density at radius 1 is 1.48 bits per heavy atom. The van der Waals surface area contributed by atoms with Crippen LogP contribution >= 0.6 is 11.6 Å². The summed E-state index contributed by atoms with van der Waals surface area (Å²) in [6.45, 7) is 6.84. The second-order valence-electron chi connectivity index (χ2n) is 6.93. The average molecular weight is 337 g/mol. The number of benzene rings is 1. The molecule has 0 aromatic heterocycles. The fourth-order valence-corrected chi connectivity index (χ4v) is 3.45. The Morgan fingerprint density at radius 2 is 2.26 bits per heavy atom. The number of carbonyl (C=O) groups excluding carboxylic acids is 1. The average Bonchev–Trinajstić information content (AvgIpc) is 3.28. The van der Waals surface area contributed by atoms with Crippen molar-refractivity contribution in [1.29, 1.82) is 0 Å². The fraction of sp³-hybridized carbons (Fsp3) is 0.611. The number of hydrogen-bond acceptors (Lipinski definition) is 3. The molecule has 3 rings (SSSR count). The Balaban J connectivity index is 1.57. The van der Waals surface area contributed by atoms with Crippen LogP contribution in [-0.4, -0.2) is 42.6 Å². The quantitative estimate of drug-likeness (QED) is 0.899. The Hall–Kier alpha value is -1.10. The summed E-state index contributed by atoms with van der Waals surface area (Å²) in [6.07, 6.45) is 2.36. The third-order valence-corrected chi connectivity index (χ3v) is 5.05. The number of hydrogen-bond donors (Lipinski definition) is 1. The predicted molar refractivity (Wildman–Crippen MR) is 91.6 cm³/mol. The molecule has 2 fully saturated rings. The van der Waals surface area contributed by atoms with Gasteiger partial charge in [-0.3, -0.25) is 9.69 Å². The molecule has 0 spiro atoms. The van der Waals surface area contributed by atoms with E-state index in [1.54, 1.807) is 0 Å². The van der Waals surface area contributed by atoms with Crippen LogP contribution in [0.2, 0.25) is 5.02 Å². The number of nitrogens with zero attached hydrogens (tertiary/aromatic N) is 1. The molecule has 1 aliphatic carbocycles. The van der Waals surface area contributed by atoms with Crippen molar-refractivity contribution >= 4 is 17.5 Å². The lowest BCUT2D eigenvalue weighted by Crippen LogP contribution is -2.47. The molecule has 1 atom stereocenters. The van der Waals surface area contributed by atoms with Crippen molar-refractivity contribution in [1.82, 2.24) is 10.2 Å². The molecule has 1 aromatic rings. The predicted octanol–water partition coefficient (Wildman–Crippen LogP) is 2.94. The van der Waals surface area contributed by atoms with Crippen LogP contribution < -0.4 is 5.32 Å². The molecule has 0 radical (unpaired) electrons. The zero-order valence-corrected chi connectivity index (χ0v) is 14.6. The summed E-state index contributed by atoms with van der Waals surface area (Å²) >= 11 is 6.08. The van der Waals surface area contributed by atoms with Gasteiger partial charge in [0, 0.05) is 24.2 Å². The van der Waals surface area contributed by atoms with E-state index in [1.807, 2.05) is 24.3 Å². The first-order valence-electron chi connectivity index (χ1n) is 8.41. The molecule has 1 amide bonds. The van der Waals surface area contributed by atoms with Crippen molar-refractivity contribution in [2.45, 2.75) is 50.8 Å². The zero-order valence-electron chi connectivity index (χ0n) is 13.8. The van der Waals surface area contributed by atoms with Gasteiger partial charge in [0.2, 0.25) is 5.91 Å². The Morgan fingerprint density at radius 3 is 2.91 bits per heavy atom. The van der Waals surface area contributed by atoms with E-state index in [4.69, 9.17) is 16.3 Å². The lowest BCUT2D eigenvalue weighted by atomic mass is 10.0. The summed E-state index contributed by atoms with van der Waals surface area (Å²) in [7, 11) is 0. The minimum atomic E-state index is -0.214. The van der Waals surface area contributed by atoms with Gasteiger partial charge in [-0.25, -0.2) is 0 Å². The number of amides is 1. The van der Waals surface area contributed by atoms with Gasteiger partial charge in [-0.1, -0.05) is 23.7 Å². The van der Waals surface area contributed by atoms with Crippen molar-refractivity contribution < 1.29 is 9.53 Å². The first kappa shape index (κ1) is 16.7.